The maximum atomic E-state index is 12.5. The summed E-state index contributed by atoms with van der Waals surface area (Å²) in [4.78, 5) is 18.2. The predicted octanol–water partition coefficient (Wildman–Crippen LogP) is 2.77. The maximum absolute atomic E-state index is 12.5. The first kappa shape index (κ1) is 16.8. The Hall–Kier alpha value is -2.60. The molecule has 2 rings (SSSR count). The molecule has 23 heavy (non-hydrogen) atoms. The number of carbonyl (C=O) groups excluding carboxylic acids is 1. The third-order valence-electron chi connectivity index (χ3n) is 3.30. The van der Waals surface area contributed by atoms with Gasteiger partial charge in [0.05, 0.1) is 13.7 Å². The van der Waals surface area contributed by atoms with E-state index in [4.69, 9.17) is 9.47 Å². The van der Waals surface area contributed by atoms with E-state index >= 15 is 0 Å². The number of hydrogen-bond donors (Lipinski definition) is 1. The Labute approximate surface area is 136 Å². The molecule has 0 radical (unpaired) electrons. The molecule has 1 aromatic heterocycles. The molecule has 0 aliphatic carbocycles. The third kappa shape index (κ3) is 5.27. The minimum Gasteiger partial charge on any atom is -0.497 e. The Morgan fingerprint density at radius 3 is 2.70 bits per heavy atom. The van der Waals surface area contributed by atoms with Gasteiger partial charge in [0, 0.05) is 44.3 Å². The normalized spacial score (nSPS) is 10.2. The first-order valence-electron chi connectivity index (χ1n) is 7.30. The van der Waals surface area contributed by atoms with Gasteiger partial charge in [-0.15, -0.1) is 0 Å². The van der Waals surface area contributed by atoms with Crippen LogP contribution in [0.5, 0.6) is 5.75 Å². The number of nitrogens with zero attached hydrogens (tertiary/aromatic N) is 2. The fourth-order valence-corrected chi connectivity index (χ4v) is 2.07. The zero-order valence-electron chi connectivity index (χ0n) is 13.4. The highest BCUT2D eigenvalue weighted by atomic mass is 16.5. The SMILES string of the molecule is COCCN(Cc1ccncc1)C(=O)Nc1cccc(OC)c1. The number of ether oxygens (including phenoxy) is 2. The van der Waals surface area contributed by atoms with E-state index < -0.39 is 0 Å². The van der Waals surface area contributed by atoms with Crippen molar-refractivity contribution >= 4 is 11.7 Å². The van der Waals surface area contributed by atoms with Crippen molar-refractivity contribution in [3.05, 3.63) is 54.4 Å². The van der Waals surface area contributed by atoms with Gasteiger partial charge in [-0.3, -0.25) is 4.98 Å². The minimum atomic E-state index is -0.188. The zero-order valence-corrected chi connectivity index (χ0v) is 13.4. The molecule has 0 unspecified atom stereocenters. The minimum absolute atomic E-state index is 0.188. The van der Waals surface area contributed by atoms with E-state index in [2.05, 4.69) is 10.3 Å². The van der Waals surface area contributed by atoms with Gasteiger partial charge in [0.15, 0.2) is 0 Å². The van der Waals surface area contributed by atoms with E-state index in [-0.39, 0.29) is 6.03 Å². The van der Waals surface area contributed by atoms with E-state index in [0.29, 0.717) is 31.1 Å². The van der Waals surface area contributed by atoms with Crippen molar-refractivity contribution in [1.29, 1.82) is 0 Å². The van der Waals surface area contributed by atoms with Crippen LogP contribution in [0.1, 0.15) is 5.56 Å². The molecule has 1 aromatic carbocycles. The highest BCUT2D eigenvalue weighted by Gasteiger charge is 2.14. The van der Waals surface area contributed by atoms with E-state index in [1.807, 2.05) is 30.3 Å². The molecule has 2 amide bonds. The smallest absolute Gasteiger partial charge is 0.322 e. The molecule has 2 aromatic rings. The fraction of sp³-hybridized carbons (Fsp3) is 0.294. The standard InChI is InChI=1S/C17H21N3O3/c1-22-11-10-20(13-14-6-8-18-9-7-14)17(21)19-15-4-3-5-16(12-15)23-2/h3-9,12H,10-11,13H2,1-2H3,(H,19,21). The number of nitrogens with one attached hydrogen (secondary N) is 1. The van der Waals surface area contributed by atoms with Crippen LogP contribution in [-0.2, 0) is 11.3 Å². The van der Waals surface area contributed by atoms with Gasteiger partial charge in [0.2, 0.25) is 0 Å². The second-order valence-corrected chi connectivity index (χ2v) is 4.93. The van der Waals surface area contributed by atoms with Crippen molar-refractivity contribution in [3.63, 3.8) is 0 Å². The Kier molecular flexibility index (Phi) is 6.38. The topological polar surface area (TPSA) is 63.7 Å². The first-order valence-corrected chi connectivity index (χ1v) is 7.30. The number of aromatic nitrogens is 1. The molecule has 1 heterocycles. The van der Waals surface area contributed by atoms with E-state index in [1.54, 1.807) is 37.6 Å². The molecular weight excluding hydrogens is 294 g/mol. The van der Waals surface area contributed by atoms with Gasteiger partial charge in [-0.25, -0.2) is 4.79 Å². The van der Waals surface area contributed by atoms with Crippen molar-refractivity contribution < 1.29 is 14.3 Å². The van der Waals surface area contributed by atoms with Crippen LogP contribution in [0.15, 0.2) is 48.8 Å². The number of anilines is 1. The Morgan fingerprint density at radius 1 is 1.22 bits per heavy atom. The highest BCUT2D eigenvalue weighted by molar-refractivity contribution is 5.89. The van der Waals surface area contributed by atoms with Crippen molar-refractivity contribution in [1.82, 2.24) is 9.88 Å². The molecule has 122 valence electrons. The lowest BCUT2D eigenvalue weighted by Crippen LogP contribution is -2.36. The maximum Gasteiger partial charge on any atom is 0.322 e. The number of urea groups is 1. The van der Waals surface area contributed by atoms with Crippen LogP contribution in [0.2, 0.25) is 0 Å². The molecule has 0 atom stereocenters. The third-order valence-corrected chi connectivity index (χ3v) is 3.30. The average Bonchev–Trinajstić information content (AvgIpc) is 2.59. The summed E-state index contributed by atoms with van der Waals surface area (Å²) in [5.74, 6) is 0.695. The number of hydrogen-bond acceptors (Lipinski definition) is 4. The Morgan fingerprint density at radius 2 is 2.00 bits per heavy atom. The summed E-state index contributed by atoms with van der Waals surface area (Å²) in [5, 5.41) is 2.88. The van der Waals surface area contributed by atoms with Crippen LogP contribution in [0.3, 0.4) is 0 Å². The van der Waals surface area contributed by atoms with Gasteiger partial charge >= 0.3 is 6.03 Å². The van der Waals surface area contributed by atoms with Crippen LogP contribution in [0.4, 0.5) is 10.5 Å². The van der Waals surface area contributed by atoms with Gasteiger partial charge in [-0.1, -0.05) is 6.07 Å². The van der Waals surface area contributed by atoms with E-state index in [9.17, 15) is 4.79 Å². The number of methoxy groups -OCH3 is 2. The predicted molar refractivity (Wildman–Crippen MR) is 88.5 cm³/mol. The Bertz CT molecular complexity index is 619. The zero-order chi connectivity index (χ0) is 16.5. The second-order valence-electron chi connectivity index (χ2n) is 4.93. The summed E-state index contributed by atoms with van der Waals surface area (Å²) in [5.41, 5.74) is 1.70. The van der Waals surface area contributed by atoms with Crippen LogP contribution >= 0.6 is 0 Å². The van der Waals surface area contributed by atoms with Gasteiger partial charge in [0.1, 0.15) is 5.75 Å². The molecule has 0 spiro atoms. The van der Waals surface area contributed by atoms with Gasteiger partial charge < -0.3 is 19.7 Å². The number of pyridine rings is 1. The van der Waals surface area contributed by atoms with Crippen LogP contribution < -0.4 is 10.1 Å². The summed E-state index contributed by atoms with van der Waals surface area (Å²) in [6, 6.07) is 10.8. The molecular formula is C17H21N3O3. The Balaban J connectivity index is 2.06. The van der Waals surface area contributed by atoms with Gasteiger partial charge in [-0.05, 0) is 29.8 Å². The van der Waals surface area contributed by atoms with E-state index in [1.165, 1.54) is 0 Å². The molecule has 6 heteroatoms. The molecule has 0 saturated heterocycles. The van der Waals surface area contributed by atoms with Crippen LogP contribution in [-0.4, -0.2) is 43.3 Å². The summed E-state index contributed by atoms with van der Waals surface area (Å²) < 4.78 is 10.3. The summed E-state index contributed by atoms with van der Waals surface area (Å²) in [6.45, 7) is 1.45. The quantitative estimate of drug-likeness (QED) is 0.853. The van der Waals surface area contributed by atoms with Crippen LogP contribution in [0, 0.1) is 0 Å². The molecule has 1 N–H and O–H groups in total. The molecule has 0 saturated carbocycles. The number of amides is 2. The number of rotatable bonds is 7. The molecule has 0 bridgehead atoms. The van der Waals surface area contributed by atoms with Gasteiger partial charge in [-0.2, -0.15) is 0 Å². The van der Waals surface area contributed by atoms with Crippen molar-refractivity contribution in [2.45, 2.75) is 6.54 Å². The van der Waals surface area contributed by atoms with Crippen molar-refractivity contribution in [2.75, 3.05) is 32.7 Å². The summed E-state index contributed by atoms with van der Waals surface area (Å²) >= 11 is 0. The summed E-state index contributed by atoms with van der Waals surface area (Å²) in [7, 11) is 3.21. The van der Waals surface area contributed by atoms with Gasteiger partial charge in [0.25, 0.3) is 0 Å². The molecule has 0 fully saturated rings. The molecule has 0 aliphatic heterocycles. The lowest BCUT2D eigenvalue weighted by molar-refractivity contribution is 0.153. The molecule has 6 nitrogen and oxygen atoms in total. The van der Waals surface area contributed by atoms with Crippen LogP contribution in [0.25, 0.3) is 0 Å². The number of carbonyl (C=O) groups is 1. The lowest BCUT2D eigenvalue weighted by Gasteiger charge is -2.23. The summed E-state index contributed by atoms with van der Waals surface area (Å²) in [6.07, 6.45) is 3.42. The van der Waals surface area contributed by atoms with E-state index in [0.717, 1.165) is 5.56 Å². The van der Waals surface area contributed by atoms with Crippen molar-refractivity contribution in [3.8, 4) is 5.75 Å². The lowest BCUT2D eigenvalue weighted by atomic mass is 10.2. The monoisotopic (exact) mass is 315 g/mol. The fourth-order valence-electron chi connectivity index (χ4n) is 2.07. The second kappa shape index (κ2) is 8.75. The van der Waals surface area contributed by atoms with Crippen molar-refractivity contribution in [2.24, 2.45) is 0 Å². The number of benzene rings is 1. The first-order chi connectivity index (χ1) is 11.2. The average molecular weight is 315 g/mol. The molecule has 0 aliphatic rings. The highest BCUT2D eigenvalue weighted by Crippen LogP contribution is 2.17. The largest absolute Gasteiger partial charge is 0.497 e.